The summed E-state index contributed by atoms with van der Waals surface area (Å²) in [5.74, 6) is 0.534. The van der Waals surface area contributed by atoms with E-state index in [-0.39, 0.29) is 0 Å². The Kier molecular flexibility index (Phi) is 4.50. The smallest absolute Gasteiger partial charge is 0.409 e. The van der Waals surface area contributed by atoms with E-state index in [4.69, 9.17) is 9.47 Å². The fourth-order valence-electron chi connectivity index (χ4n) is 3.54. The number of pyridine rings is 1. The van der Waals surface area contributed by atoms with Gasteiger partial charge in [0.2, 0.25) is 0 Å². The first-order valence-electron chi connectivity index (χ1n) is 9.05. The first kappa shape index (κ1) is 18.0. The van der Waals surface area contributed by atoms with E-state index in [1.165, 1.54) is 4.90 Å². The molecule has 1 aliphatic carbocycles. The van der Waals surface area contributed by atoms with E-state index in [0.29, 0.717) is 29.2 Å². The Morgan fingerprint density at radius 2 is 2.04 bits per heavy atom. The van der Waals surface area contributed by atoms with Gasteiger partial charge < -0.3 is 14.4 Å². The van der Waals surface area contributed by atoms with Gasteiger partial charge in [0.15, 0.2) is 23.8 Å². The minimum absolute atomic E-state index is 0.412. The van der Waals surface area contributed by atoms with Gasteiger partial charge in [-0.2, -0.15) is 0 Å². The van der Waals surface area contributed by atoms with Crippen molar-refractivity contribution in [3.63, 3.8) is 0 Å². The molecular weight excluding hydrogens is 358 g/mol. The first-order valence-corrected chi connectivity index (χ1v) is 9.05. The van der Waals surface area contributed by atoms with Crippen LogP contribution in [-0.4, -0.2) is 46.9 Å². The van der Waals surface area contributed by atoms with E-state index in [1.807, 2.05) is 30.3 Å². The lowest BCUT2D eigenvalue weighted by Crippen LogP contribution is -2.32. The Morgan fingerprint density at radius 1 is 1.25 bits per heavy atom. The molecule has 1 aliphatic rings. The number of ether oxygens (including phenoxy) is 2. The number of amides is 1. The quantitative estimate of drug-likeness (QED) is 0.651. The molecule has 0 bridgehead atoms. The molecule has 0 fully saturated rings. The van der Waals surface area contributed by atoms with Crippen molar-refractivity contribution in [1.29, 1.82) is 0 Å². The number of carbonyl (C=O) groups excluding carboxylic acids is 2. The molecule has 0 aliphatic heterocycles. The number of hydrogen-bond donors (Lipinski definition) is 0. The Labute approximate surface area is 162 Å². The number of benzene rings is 1. The second kappa shape index (κ2) is 6.99. The molecule has 0 saturated heterocycles. The van der Waals surface area contributed by atoms with Crippen molar-refractivity contribution in [3.8, 4) is 5.75 Å². The number of fused-ring (bicyclic) bond motifs is 2. The van der Waals surface area contributed by atoms with Crippen molar-refractivity contribution < 1.29 is 19.1 Å². The number of imidazole rings is 1. The van der Waals surface area contributed by atoms with Gasteiger partial charge in [-0.1, -0.05) is 24.3 Å². The van der Waals surface area contributed by atoms with Gasteiger partial charge in [0, 0.05) is 26.7 Å². The van der Waals surface area contributed by atoms with Crippen molar-refractivity contribution in [2.45, 2.75) is 25.6 Å². The monoisotopic (exact) mass is 379 g/mol. The van der Waals surface area contributed by atoms with Crippen LogP contribution in [0.5, 0.6) is 5.75 Å². The van der Waals surface area contributed by atoms with Gasteiger partial charge >= 0.3 is 6.09 Å². The zero-order valence-electron chi connectivity index (χ0n) is 16.0. The number of rotatable bonds is 4. The van der Waals surface area contributed by atoms with Gasteiger partial charge in [-0.25, -0.2) is 9.78 Å². The zero-order chi connectivity index (χ0) is 19.8. The van der Waals surface area contributed by atoms with Crippen molar-refractivity contribution in [2.75, 3.05) is 14.1 Å². The second-order valence-electron chi connectivity index (χ2n) is 7.02. The molecular formula is C21H21N3O4. The second-order valence-corrected chi connectivity index (χ2v) is 7.02. The summed E-state index contributed by atoms with van der Waals surface area (Å²) in [5.41, 5.74) is 3.75. The fourth-order valence-corrected chi connectivity index (χ4v) is 3.54. The summed E-state index contributed by atoms with van der Waals surface area (Å²) in [4.78, 5) is 29.4. The summed E-state index contributed by atoms with van der Waals surface area (Å²) in [6, 6.07) is 11.5. The van der Waals surface area contributed by atoms with Gasteiger partial charge in [-0.3, -0.25) is 9.20 Å². The number of aromatic nitrogens is 2. The fraction of sp³-hybridized carbons (Fsp3) is 0.286. The maximum absolute atomic E-state index is 12.1. The molecule has 3 aromatic rings. The molecule has 0 saturated carbocycles. The number of nitrogens with zero attached hydrogens (tertiary/aromatic N) is 3. The standard InChI is InChI=1S/C21H21N3O4/c1-13-16(12-25)24-10-6-9-17(20(24)22-13)27-19-15-8-5-4-7-14(15)11-18(19)28-21(26)23(2)3/h4-10,12,18-19H,11H2,1-3H3/t18-,19-/m1/s1. The number of hydrogen-bond acceptors (Lipinski definition) is 5. The third-order valence-corrected chi connectivity index (χ3v) is 4.94. The van der Waals surface area contributed by atoms with Crippen LogP contribution in [0.2, 0.25) is 0 Å². The lowest BCUT2D eigenvalue weighted by atomic mass is 10.1. The number of aryl methyl sites for hydroxylation is 1. The predicted molar refractivity (Wildman–Crippen MR) is 103 cm³/mol. The maximum atomic E-state index is 12.1. The first-order chi connectivity index (χ1) is 13.5. The summed E-state index contributed by atoms with van der Waals surface area (Å²) >= 11 is 0. The third-order valence-electron chi connectivity index (χ3n) is 4.94. The minimum atomic E-state index is -0.456. The van der Waals surface area contributed by atoms with Gasteiger partial charge in [0.25, 0.3) is 0 Å². The Hall–Kier alpha value is -3.35. The maximum Gasteiger partial charge on any atom is 0.409 e. The highest BCUT2D eigenvalue weighted by Gasteiger charge is 2.37. The third kappa shape index (κ3) is 2.98. The molecule has 1 aromatic carbocycles. The van der Waals surface area contributed by atoms with Crippen LogP contribution in [0.25, 0.3) is 5.65 Å². The molecule has 0 spiro atoms. The molecule has 4 rings (SSSR count). The average molecular weight is 379 g/mol. The lowest BCUT2D eigenvalue weighted by molar-refractivity contribution is 0.0143. The molecule has 0 unspecified atom stereocenters. The van der Waals surface area contributed by atoms with Crippen molar-refractivity contribution in [1.82, 2.24) is 14.3 Å². The largest absolute Gasteiger partial charge is 0.478 e. The zero-order valence-corrected chi connectivity index (χ0v) is 16.0. The van der Waals surface area contributed by atoms with E-state index in [1.54, 1.807) is 37.7 Å². The molecule has 7 heteroatoms. The van der Waals surface area contributed by atoms with Gasteiger partial charge in [0.05, 0.1) is 5.69 Å². The molecule has 2 atom stereocenters. The molecule has 7 nitrogen and oxygen atoms in total. The molecule has 1 amide bonds. The van der Waals surface area contributed by atoms with Gasteiger partial charge in [-0.15, -0.1) is 0 Å². The highest BCUT2D eigenvalue weighted by Crippen LogP contribution is 2.38. The van der Waals surface area contributed by atoms with Crippen LogP contribution in [0.1, 0.15) is 33.4 Å². The molecule has 28 heavy (non-hydrogen) atoms. The predicted octanol–water partition coefficient (Wildman–Crippen LogP) is 3.20. The summed E-state index contributed by atoms with van der Waals surface area (Å²) in [7, 11) is 3.30. The van der Waals surface area contributed by atoms with E-state index in [0.717, 1.165) is 17.4 Å². The Morgan fingerprint density at radius 3 is 2.79 bits per heavy atom. The Balaban J connectivity index is 1.73. The van der Waals surface area contributed by atoms with Crippen LogP contribution in [0.3, 0.4) is 0 Å². The summed E-state index contributed by atoms with van der Waals surface area (Å²) in [6.07, 6.45) is 1.82. The average Bonchev–Trinajstić information content (AvgIpc) is 3.19. The molecule has 2 aromatic heterocycles. The minimum Gasteiger partial charge on any atom is -0.478 e. The van der Waals surface area contributed by atoms with Crippen LogP contribution in [0.15, 0.2) is 42.6 Å². The highest BCUT2D eigenvalue weighted by atomic mass is 16.6. The summed E-state index contributed by atoms with van der Waals surface area (Å²) < 4.78 is 13.7. The molecule has 0 radical (unpaired) electrons. The van der Waals surface area contributed by atoms with E-state index in [9.17, 15) is 9.59 Å². The van der Waals surface area contributed by atoms with Crippen molar-refractivity contribution >= 4 is 18.0 Å². The topological polar surface area (TPSA) is 73.1 Å². The number of carbonyl (C=O) groups is 2. The highest BCUT2D eigenvalue weighted by molar-refractivity contribution is 5.77. The van der Waals surface area contributed by atoms with Crippen molar-refractivity contribution in [2.24, 2.45) is 0 Å². The molecule has 144 valence electrons. The normalized spacial score (nSPS) is 18.0. The van der Waals surface area contributed by atoms with E-state index >= 15 is 0 Å². The number of aldehydes is 1. The van der Waals surface area contributed by atoms with Crippen LogP contribution < -0.4 is 4.74 Å². The van der Waals surface area contributed by atoms with Crippen LogP contribution in [0, 0.1) is 6.92 Å². The van der Waals surface area contributed by atoms with E-state index in [2.05, 4.69) is 4.98 Å². The van der Waals surface area contributed by atoms with Crippen LogP contribution in [-0.2, 0) is 11.2 Å². The van der Waals surface area contributed by atoms with Crippen LogP contribution >= 0.6 is 0 Å². The molecule has 0 N–H and O–H groups in total. The van der Waals surface area contributed by atoms with Gasteiger partial charge in [-0.05, 0) is 30.2 Å². The molecule has 2 heterocycles. The summed E-state index contributed by atoms with van der Waals surface area (Å²) in [6.45, 7) is 1.78. The SMILES string of the molecule is Cc1nc2c(O[C@@H]3c4ccccc4C[C@H]3OC(=O)N(C)C)cccn2c1C=O. The van der Waals surface area contributed by atoms with Crippen LogP contribution in [0.4, 0.5) is 4.79 Å². The van der Waals surface area contributed by atoms with E-state index < -0.39 is 18.3 Å². The van der Waals surface area contributed by atoms with Crippen molar-refractivity contribution in [3.05, 3.63) is 65.1 Å². The summed E-state index contributed by atoms with van der Waals surface area (Å²) in [5, 5.41) is 0. The Bertz CT molecular complexity index is 1060. The lowest BCUT2D eigenvalue weighted by Gasteiger charge is -2.24. The van der Waals surface area contributed by atoms with Gasteiger partial charge in [0.1, 0.15) is 11.8 Å².